The van der Waals surface area contributed by atoms with E-state index in [1.165, 1.54) is 0 Å². The quantitative estimate of drug-likeness (QED) is 0.832. The minimum absolute atomic E-state index is 0.0119. The smallest absolute Gasteiger partial charge is 0.320 e. The highest BCUT2D eigenvalue weighted by molar-refractivity contribution is 5.78. The van der Waals surface area contributed by atoms with E-state index < -0.39 is 0 Å². The molecule has 2 saturated heterocycles. The first kappa shape index (κ1) is 20.6. The molecule has 7 nitrogen and oxygen atoms in total. The van der Waals surface area contributed by atoms with Gasteiger partial charge in [0.2, 0.25) is 5.91 Å². The molecular formula is C21H32N4O3. The van der Waals surface area contributed by atoms with E-state index in [1.807, 2.05) is 28.0 Å². The van der Waals surface area contributed by atoms with Crippen molar-refractivity contribution in [2.24, 2.45) is 5.92 Å². The second-order valence-corrected chi connectivity index (χ2v) is 7.85. The highest BCUT2D eigenvalue weighted by atomic mass is 16.5. The monoisotopic (exact) mass is 388 g/mol. The number of benzene rings is 1. The Bertz CT molecular complexity index is 638. The Hall–Kier alpha value is -2.12. The van der Waals surface area contributed by atoms with Crippen molar-refractivity contribution in [2.75, 3.05) is 59.0 Å². The van der Waals surface area contributed by atoms with Gasteiger partial charge in [0.25, 0.3) is 0 Å². The number of carbonyl (C=O) groups is 2. The topological polar surface area (TPSA) is 65.1 Å². The Kier molecular flexibility index (Phi) is 7.28. The molecule has 0 aliphatic carbocycles. The minimum Gasteiger partial charge on any atom is -0.378 e. The standard InChI is InChI=1S/C21H32N4O3/c1-17(2)20(18-6-4-3-5-7-18)22-19(26)16-23-8-10-24(11-9-23)21(27)25-12-14-28-15-13-25/h3-7,17,20H,8-16H2,1-2H3,(H,22,26). The summed E-state index contributed by atoms with van der Waals surface area (Å²) in [7, 11) is 0. The summed E-state index contributed by atoms with van der Waals surface area (Å²) in [6.45, 7) is 9.94. The predicted octanol–water partition coefficient (Wildman–Crippen LogP) is 1.57. The van der Waals surface area contributed by atoms with Crippen LogP contribution in [-0.2, 0) is 9.53 Å². The van der Waals surface area contributed by atoms with Crippen LogP contribution in [0, 0.1) is 5.92 Å². The van der Waals surface area contributed by atoms with Crippen molar-refractivity contribution in [1.29, 1.82) is 0 Å². The molecule has 1 unspecified atom stereocenters. The normalized spacial score (nSPS) is 19.5. The summed E-state index contributed by atoms with van der Waals surface area (Å²) in [5.74, 6) is 0.352. The maximum absolute atomic E-state index is 12.6. The Morgan fingerprint density at radius 3 is 2.18 bits per heavy atom. The zero-order chi connectivity index (χ0) is 19.9. The van der Waals surface area contributed by atoms with Crippen molar-refractivity contribution in [3.63, 3.8) is 0 Å². The van der Waals surface area contributed by atoms with E-state index in [0.717, 1.165) is 18.7 Å². The summed E-state index contributed by atoms with van der Waals surface area (Å²) < 4.78 is 5.31. The van der Waals surface area contributed by atoms with Crippen LogP contribution in [0.5, 0.6) is 0 Å². The van der Waals surface area contributed by atoms with Gasteiger partial charge >= 0.3 is 6.03 Å². The molecule has 7 heteroatoms. The number of piperazine rings is 1. The largest absolute Gasteiger partial charge is 0.378 e. The summed E-state index contributed by atoms with van der Waals surface area (Å²) >= 11 is 0. The third-order valence-electron chi connectivity index (χ3n) is 5.43. The van der Waals surface area contributed by atoms with Crippen LogP contribution in [-0.4, -0.2) is 85.7 Å². The molecule has 154 valence electrons. The average Bonchev–Trinajstić information content (AvgIpc) is 2.73. The lowest BCUT2D eigenvalue weighted by Gasteiger charge is -2.38. The maximum atomic E-state index is 12.6. The van der Waals surface area contributed by atoms with Gasteiger partial charge in [0.05, 0.1) is 25.8 Å². The Morgan fingerprint density at radius 2 is 1.57 bits per heavy atom. The molecule has 1 N–H and O–H groups in total. The van der Waals surface area contributed by atoms with Gasteiger partial charge < -0.3 is 19.9 Å². The fraction of sp³-hybridized carbons (Fsp3) is 0.619. The van der Waals surface area contributed by atoms with Gasteiger partial charge in [-0.1, -0.05) is 44.2 Å². The lowest BCUT2D eigenvalue weighted by molar-refractivity contribution is -0.123. The van der Waals surface area contributed by atoms with Gasteiger partial charge in [-0.15, -0.1) is 0 Å². The lowest BCUT2D eigenvalue weighted by Crippen LogP contribution is -2.55. The molecule has 2 aliphatic heterocycles. The predicted molar refractivity (Wildman–Crippen MR) is 108 cm³/mol. The van der Waals surface area contributed by atoms with Gasteiger partial charge in [-0.3, -0.25) is 9.69 Å². The van der Waals surface area contributed by atoms with Gasteiger partial charge in [0.1, 0.15) is 0 Å². The first-order chi connectivity index (χ1) is 13.5. The molecule has 3 amide bonds. The number of morpholine rings is 1. The Morgan fingerprint density at radius 1 is 0.964 bits per heavy atom. The van der Waals surface area contributed by atoms with E-state index in [4.69, 9.17) is 4.74 Å². The van der Waals surface area contributed by atoms with Crippen LogP contribution in [0.1, 0.15) is 25.5 Å². The van der Waals surface area contributed by atoms with E-state index in [2.05, 4.69) is 36.2 Å². The van der Waals surface area contributed by atoms with Crippen molar-refractivity contribution in [2.45, 2.75) is 19.9 Å². The first-order valence-electron chi connectivity index (χ1n) is 10.2. The zero-order valence-corrected chi connectivity index (χ0v) is 17.0. The molecule has 2 fully saturated rings. The van der Waals surface area contributed by atoms with Gasteiger partial charge in [-0.2, -0.15) is 0 Å². The van der Waals surface area contributed by atoms with Crippen LogP contribution < -0.4 is 5.32 Å². The number of amides is 3. The highest BCUT2D eigenvalue weighted by Gasteiger charge is 2.27. The average molecular weight is 389 g/mol. The van der Waals surface area contributed by atoms with Crippen molar-refractivity contribution in [3.8, 4) is 0 Å². The van der Waals surface area contributed by atoms with Gasteiger partial charge in [-0.25, -0.2) is 4.79 Å². The van der Waals surface area contributed by atoms with E-state index >= 15 is 0 Å². The van der Waals surface area contributed by atoms with Crippen molar-refractivity contribution < 1.29 is 14.3 Å². The Labute approximate surface area is 167 Å². The third kappa shape index (κ3) is 5.45. The summed E-state index contributed by atoms with van der Waals surface area (Å²) in [5.41, 5.74) is 1.13. The molecule has 1 aromatic carbocycles. The maximum Gasteiger partial charge on any atom is 0.320 e. The molecule has 0 bridgehead atoms. The number of nitrogens with one attached hydrogen (secondary N) is 1. The van der Waals surface area contributed by atoms with Gasteiger partial charge in [-0.05, 0) is 11.5 Å². The van der Waals surface area contributed by atoms with Crippen LogP contribution in [0.3, 0.4) is 0 Å². The fourth-order valence-corrected chi connectivity index (χ4v) is 3.77. The number of rotatable bonds is 5. The molecule has 0 radical (unpaired) electrons. The van der Waals surface area contributed by atoms with Crippen LogP contribution >= 0.6 is 0 Å². The zero-order valence-electron chi connectivity index (χ0n) is 17.0. The van der Waals surface area contributed by atoms with Gasteiger partial charge in [0.15, 0.2) is 0 Å². The molecule has 2 heterocycles. The number of hydrogen-bond acceptors (Lipinski definition) is 4. The second-order valence-electron chi connectivity index (χ2n) is 7.85. The summed E-state index contributed by atoms with van der Waals surface area (Å²) in [6.07, 6.45) is 0. The molecule has 0 saturated carbocycles. The first-order valence-corrected chi connectivity index (χ1v) is 10.2. The van der Waals surface area contributed by atoms with Gasteiger partial charge in [0, 0.05) is 39.3 Å². The van der Waals surface area contributed by atoms with E-state index in [1.54, 1.807) is 0 Å². The molecule has 28 heavy (non-hydrogen) atoms. The molecule has 3 rings (SSSR count). The molecule has 0 aromatic heterocycles. The molecule has 2 aliphatic rings. The minimum atomic E-state index is 0.0119. The fourth-order valence-electron chi connectivity index (χ4n) is 3.77. The van der Waals surface area contributed by atoms with Crippen molar-refractivity contribution >= 4 is 11.9 Å². The summed E-state index contributed by atoms with van der Waals surface area (Å²) in [5, 5.41) is 3.18. The number of carbonyl (C=O) groups excluding carboxylic acids is 2. The lowest BCUT2D eigenvalue weighted by atomic mass is 9.96. The number of ether oxygens (including phenoxy) is 1. The molecule has 1 atom stereocenters. The van der Waals surface area contributed by atoms with Crippen molar-refractivity contribution in [1.82, 2.24) is 20.0 Å². The summed E-state index contributed by atoms with van der Waals surface area (Å²) in [6, 6.07) is 10.2. The molecule has 0 spiro atoms. The number of hydrogen-bond donors (Lipinski definition) is 1. The number of nitrogens with zero attached hydrogens (tertiary/aromatic N) is 3. The van der Waals surface area contributed by atoms with E-state index in [-0.39, 0.29) is 18.0 Å². The Balaban J connectivity index is 1.46. The second kappa shape index (κ2) is 9.89. The number of urea groups is 1. The molecule has 1 aromatic rings. The SMILES string of the molecule is CC(C)C(NC(=O)CN1CCN(C(=O)N2CCOCC2)CC1)c1ccccc1. The van der Waals surface area contributed by atoms with Crippen LogP contribution in [0.15, 0.2) is 30.3 Å². The van der Waals surface area contributed by atoms with Crippen LogP contribution in [0.2, 0.25) is 0 Å². The van der Waals surface area contributed by atoms with Crippen molar-refractivity contribution in [3.05, 3.63) is 35.9 Å². The molecular weight excluding hydrogens is 356 g/mol. The van der Waals surface area contributed by atoms with Crippen LogP contribution in [0.25, 0.3) is 0 Å². The van der Waals surface area contributed by atoms with E-state index in [9.17, 15) is 9.59 Å². The van der Waals surface area contributed by atoms with Crippen LogP contribution in [0.4, 0.5) is 4.79 Å². The van der Waals surface area contributed by atoms with E-state index in [0.29, 0.717) is 51.9 Å². The highest BCUT2D eigenvalue weighted by Crippen LogP contribution is 2.21. The summed E-state index contributed by atoms with van der Waals surface area (Å²) in [4.78, 5) is 31.0. The third-order valence-corrected chi connectivity index (χ3v) is 5.43.